The molecule has 9 heteroatoms. The molecule has 1 unspecified atom stereocenters. The minimum atomic E-state index is -3.33. The summed E-state index contributed by atoms with van der Waals surface area (Å²) in [7, 11) is -3.33. The predicted molar refractivity (Wildman–Crippen MR) is 104 cm³/mol. The Kier molecular flexibility index (Phi) is 4.60. The smallest absolute Gasteiger partial charge is 0.232 e. The highest BCUT2D eigenvalue weighted by Crippen LogP contribution is 2.32. The number of rotatable bonds is 5. The fourth-order valence-corrected chi connectivity index (χ4v) is 3.71. The van der Waals surface area contributed by atoms with Crippen LogP contribution in [0.25, 0.3) is 11.4 Å². The van der Waals surface area contributed by atoms with Crippen molar-refractivity contribution in [1.82, 2.24) is 10.1 Å². The van der Waals surface area contributed by atoms with Gasteiger partial charge >= 0.3 is 0 Å². The third-order valence-corrected chi connectivity index (χ3v) is 5.04. The average molecular weight is 398 g/mol. The highest BCUT2D eigenvalue weighted by molar-refractivity contribution is 7.92. The average Bonchev–Trinajstić information content (AvgIpc) is 3.29. The number of sulfonamides is 1. The van der Waals surface area contributed by atoms with Gasteiger partial charge in [0.25, 0.3) is 0 Å². The molecule has 2 aromatic carbocycles. The molecule has 1 amide bonds. The molecule has 8 nitrogen and oxygen atoms in total. The lowest BCUT2D eigenvalue weighted by atomic mass is 10.1. The summed E-state index contributed by atoms with van der Waals surface area (Å²) in [5.74, 6) is 0.666. The molecule has 1 N–H and O–H groups in total. The van der Waals surface area contributed by atoms with Crippen molar-refractivity contribution in [3.63, 3.8) is 0 Å². The molecule has 1 saturated heterocycles. The first-order chi connectivity index (χ1) is 13.4. The van der Waals surface area contributed by atoms with Gasteiger partial charge in [-0.25, -0.2) is 8.42 Å². The highest BCUT2D eigenvalue weighted by atomic mass is 32.2. The second-order valence-electron chi connectivity index (χ2n) is 6.65. The van der Waals surface area contributed by atoms with E-state index in [0.717, 1.165) is 11.9 Å². The van der Waals surface area contributed by atoms with Gasteiger partial charge in [-0.3, -0.25) is 9.52 Å². The standard InChI is InChI=1S/C19H18N4O4S/c1-28(25,26)22-15-9-7-13(8-10-15)18-20-19(27-21-18)14-11-17(24)23(12-14)16-5-3-2-4-6-16/h2-10,14,22H,11-12H2,1H3. The van der Waals surface area contributed by atoms with Crippen LogP contribution in [-0.4, -0.2) is 37.3 Å². The van der Waals surface area contributed by atoms with Crippen LogP contribution in [0.4, 0.5) is 11.4 Å². The van der Waals surface area contributed by atoms with E-state index < -0.39 is 10.0 Å². The molecule has 144 valence electrons. The van der Waals surface area contributed by atoms with Gasteiger partial charge in [0, 0.05) is 29.9 Å². The van der Waals surface area contributed by atoms with Crippen molar-refractivity contribution in [3.05, 3.63) is 60.5 Å². The van der Waals surface area contributed by atoms with Crippen molar-refractivity contribution >= 4 is 27.3 Å². The zero-order valence-electron chi connectivity index (χ0n) is 15.1. The first kappa shape index (κ1) is 18.2. The molecule has 2 heterocycles. The van der Waals surface area contributed by atoms with E-state index in [0.29, 0.717) is 35.9 Å². The number of para-hydroxylation sites is 1. The summed E-state index contributed by atoms with van der Waals surface area (Å²) in [5, 5.41) is 4.00. The Balaban J connectivity index is 1.50. The lowest BCUT2D eigenvalue weighted by Gasteiger charge is -2.15. The molecule has 0 spiro atoms. The van der Waals surface area contributed by atoms with Crippen LogP contribution >= 0.6 is 0 Å². The molecule has 3 aromatic rings. The molecule has 0 bridgehead atoms. The number of benzene rings is 2. The molecule has 0 saturated carbocycles. The van der Waals surface area contributed by atoms with Gasteiger partial charge in [0.2, 0.25) is 27.6 Å². The van der Waals surface area contributed by atoms with Crippen LogP contribution in [0.2, 0.25) is 0 Å². The van der Waals surface area contributed by atoms with Gasteiger partial charge in [-0.15, -0.1) is 0 Å². The molecule has 1 aliphatic heterocycles. The van der Waals surface area contributed by atoms with Crippen molar-refractivity contribution in [3.8, 4) is 11.4 Å². The van der Waals surface area contributed by atoms with E-state index >= 15 is 0 Å². The Bertz CT molecular complexity index is 1090. The normalized spacial score (nSPS) is 17.1. The Morgan fingerprint density at radius 1 is 1.11 bits per heavy atom. The third-order valence-electron chi connectivity index (χ3n) is 4.43. The molecule has 0 aliphatic carbocycles. The van der Waals surface area contributed by atoms with Gasteiger partial charge in [0.15, 0.2) is 0 Å². The SMILES string of the molecule is CS(=O)(=O)Nc1ccc(-c2noc(C3CC(=O)N(c4ccccc4)C3)n2)cc1. The quantitative estimate of drug-likeness (QED) is 0.708. The first-order valence-corrected chi connectivity index (χ1v) is 10.6. The lowest BCUT2D eigenvalue weighted by molar-refractivity contribution is -0.117. The second kappa shape index (κ2) is 7.08. The summed E-state index contributed by atoms with van der Waals surface area (Å²) in [6, 6.07) is 16.1. The van der Waals surface area contributed by atoms with Crippen LogP contribution in [0.15, 0.2) is 59.1 Å². The molecular formula is C19H18N4O4S. The number of nitrogens with one attached hydrogen (secondary N) is 1. The minimum Gasteiger partial charge on any atom is -0.339 e. The predicted octanol–water partition coefficient (Wildman–Crippen LogP) is 2.63. The van der Waals surface area contributed by atoms with Crippen molar-refractivity contribution in [2.24, 2.45) is 0 Å². The molecule has 1 aromatic heterocycles. The first-order valence-electron chi connectivity index (χ1n) is 8.66. The highest BCUT2D eigenvalue weighted by Gasteiger charge is 2.35. The molecule has 1 fully saturated rings. The summed E-state index contributed by atoms with van der Waals surface area (Å²) < 4.78 is 30.4. The summed E-state index contributed by atoms with van der Waals surface area (Å²) in [4.78, 5) is 18.5. The summed E-state index contributed by atoms with van der Waals surface area (Å²) >= 11 is 0. The van der Waals surface area contributed by atoms with E-state index in [2.05, 4.69) is 14.9 Å². The summed E-state index contributed by atoms with van der Waals surface area (Å²) in [6.45, 7) is 0.488. The summed E-state index contributed by atoms with van der Waals surface area (Å²) in [6.07, 6.45) is 1.40. The fourth-order valence-electron chi connectivity index (χ4n) is 3.15. The number of carbonyl (C=O) groups excluding carboxylic acids is 1. The van der Waals surface area contributed by atoms with Gasteiger partial charge < -0.3 is 9.42 Å². The molecular weight excluding hydrogens is 380 g/mol. The van der Waals surface area contributed by atoms with E-state index in [1.165, 1.54) is 0 Å². The van der Waals surface area contributed by atoms with E-state index in [1.807, 2.05) is 30.3 Å². The van der Waals surface area contributed by atoms with E-state index in [-0.39, 0.29) is 11.8 Å². The minimum absolute atomic E-state index is 0.0205. The third kappa shape index (κ3) is 3.89. The summed E-state index contributed by atoms with van der Waals surface area (Å²) in [5.41, 5.74) is 2.00. The number of carbonyl (C=O) groups is 1. The number of hydrogen-bond acceptors (Lipinski definition) is 6. The zero-order chi connectivity index (χ0) is 19.7. The van der Waals surface area contributed by atoms with Crippen LogP contribution < -0.4 is 9.62 Å². The molecule has 4 rings (SSSR count). The number of hydrogen-bond donors (Lipinski definition) is 1. The van der Waals surface area contributed by atoms with Gasteiger partial charge in [-0.1, -0.05) is 23.4 Å². The van der Waals surface area contributed by atoms with E-state index in [9.17, 15) is 13.2 Å². The Labute approximate surface area is 162 Å². The van der Waals surface area contributed by atoms with Crippen LogP contribution in [-0.2, 0) is 14.8 Å². The van der Waals surface area contributed by atoms with Crippen LogP contribution in [0.3, 0.4) is 0 Å². The van der Waals surface area contributed by atoms with Crippen molar-refractivity contribution < 1.29 is 17.7 Å². The van der Waals surface area contributed by atoms with Gasteiger partial charge in [0.1, 0.15) is 0 Å². The monoisotopic (exact) mass is 398 g/mol. The van der Waals surface area contributed by atoms with Gasteiger partial charge in [-0.05, 0) is 36.4 Å². The van der Waals surface area contributed by atoms with Crippen LogP contribution in [0.5, 0.6) is 0 Å². The molecule has 0 radical (unpaired) electrons. The van der Waals surface area contributed by atoms with E-state index in [1.54, 1.807) is 29.2 Å². The Morgan fingerprint density at radius 3 is 2.50 bits per heavy atom. The zero-order valence-corrected chi connectivity index (χ0v) is 15.9. The molecule has 1 atom stereocenters. The molecule has 28 heavy (non-hydrogen) atoms. The van der Waals surface area contributed by atoms with Crippen molar-refractivity contribution in [2.45, 2.75) is 12.3 Å². The van der Waals surface area contributed by atoms with Crippen LogP contribution in [0, 0.1) is 0 Å². The number of amides is 1. The lowest BCUT2D eigenvalue weighted by Crippen LogP contribution is -2.24. The maximum atomic E-state index is 12.4. The Hall–Kier alpha value is -3.20. The number of aromatic nitrogens is 2. The van der Waals surface area contributed by atoms with Gasteiger partial charge in [-0.2, -0.15) is 4.98 Å². The number of nitrogens with zero attached hydrogens (tertiary/aromatic N) is 3. The van der Waals surface area contributed by atoms with E-state index in [4.69, 9.17) is 4.52 Å². The maximum absolute atomic E-state index is 12.4. The largest absolute Gasteiger partial charge is 0.339 e. The van der Waals surface area contributed by atoms with Crippen molar-refractivity contribution in [2.75, 3.05) is 22.4 Å². The fraction of sp³-hybridized carbons (Fsp3) is 0.211. The van der Waals surface area contributed by atoms with Crippen LogP contribution in [0.1, 0.15) is 18.2 Å². The molecule has 1 aliphatic rings. The topological polar surface area (TPSA) is 105 Å². The van der Waals surface area contributed by atoms with Gasteiger partial charge in [0.05, 0.1) is 12.2 Å². The maximum Gasteiger partial charge on any atom is 0.232 e. The van der Waals surface area contributed by atoms with Crippen molar-refractivity contribution in [1.29, 1.82) is 0 Å². The Morgan fingerprint density at radius 2 is 1.82 bits per heavy atom. The number of anilines is 2. The second-order valence-corrected chi connectivity index (χ2v) is 8.40.